The fraction of sp³-hybridized carbons (Fsp3) is 0.538. The lowest BCUT2D eigenvalue weighted by Crippen LogP contribution is -2.41. The Bertz CT molecular complexity index is 289. The van der Waals surface area contributed by atoms with Crippen molar-refractivity contribution in [2.45, 2.75) is 25.3 Å². The fourth-order valence-corrected chi connectivity index (χ4v) is 1.59. The second kappa shape index (κ2) is 6.63. The molecule has 0 amide bonds. The monoisotopic (exact) mass is 223 g/mol. The topological polar surface area (TPSA) is 55.5 Å². The van der Waals surface area contributed by atoms with E-state index in [1.807, 2.05) is 30.3 Å². The molecule has 0 saturated heterocycles. The highest BCUT2D eigenvalue weighted by molar-refractivity contribution is 5.23. The van der Waals surface area contributed by atoms with Gasteiger partial charge in [-0.2, -0.15) is 0 Å². The van der Waals surface area contributed by atoms with Gasteiger partial charge in [0.1, 0.15) is 0 Å². The van der Waals surface area contributed by atoms with E-state index in [4.69, 9.17) is 10.5 Å². The van der Waals surface area contributed by atoms with Gasteiger partial charge in [0.25, 0.3) is 0 Å². The van der Waals surface area contributed by atoms with Crippen molar-refractivity contribution in [3.63, 3.8) is 0 Å². The van der Waals surface area contributed by atoms with Crippen LogP contribution in [0, 0.1) is 0 Å². The van der Waals surface area contributed by atoms with Crippen molar-refractivity contribution in [1.82, 2.24) is 0 Å². The maximum absolute atomic E-state index is 9.41. The highest BCUT2D eigenvalue weighted by atomic mass is 16.5. The maximum Gasteiger partial charge on any atom is 0.0666 e. The first-order valence-electron chi connectivity index (χ1n) is 5.76. The normalized spacial score (nSPS) is 14.7. The summed E-state index contributed by atoms with van der Waals surface area (Å²) in [7, 11) is 0. The van der Waals surface area contributed by atoms with Crippen molar-refractivity contribution in [2.24, 2.45) is 5.73 Å². The van der Waals surface area contributed by atoms with E-state index >= 15 is 0 Å². The molecule has 1 rings (SSSR count). The molecule has 0 saturated carbocycles. The van der Waals surface area contributed by atoms with Crippen LogP contribution in [0.5, 0.6) is 0 Å². The Kier molecular flexibility index (Phi) is 5.46. The Morgan fingerprint density at radius 3 is 2.50 bits per heavy atom. The molecule has 1 aromatic rings. The van der Waals surface area contributed by atoms with Gasteiger partial charge in [0.2, 0.25) is 0 Å². The molecule has 0 aliphatic carbocycles. The Morgan fingerprint density at radius 1 is 1.25 bits per heavy atom. The molecule has 16 heavy (non-hydrogen) atoms. The number of nitrogens with two attached hydrogens (primary N) is 1. The molecule has 0 fully saturated rings. The first-order valence-corrected chi connectivity index (χ1v) is 5.76. The SMILES string of the molecule is CCCOCCC(N)(CO)c1ccccc1. The lowest BCUT2D eigenvalue weighted by molar-refractivity contribution is 0.0946. The van der Waals surface area contributed by atoms with E-state index < -0.39 is 5.54 Å². The third-order valence-electron chi connectivity index (χ3n) is 2.67. The van der Waals surface area contributed by atoms with Gasteiger partial charge in [0, 0.05) is 13.2 Å². The maximum atomic E-state index is 9.41. The standard InChI is InChI=1S/C13H21NO2/c1-2-9-16-10-8-13(14,11-15)12-6-4-3-5-7-12/h3-7,15H,2,8-11,14H2,1H3. The third-order valence-corrected chi connectivity index (χ3v) is 2.67. The molecule has 1 unspecified atom stereocenters. The number of rotatable bonds is 7. The smallest absolute Gasteiger partial charge is 0.0666 e. The lowest BCUT2D eigenvalue weighted by atomic mass is 9.89. The van der Waals surface area contributed by atoms with E-state index in [9.17, 15) is 5.11 Å². The van der Waals surface area contributed by atoms with Crippen molar-refractivity contribution in [1.29, 1.82) is 0 Å². The summed E-state index contributed by atoms with van der Waals surface area (Å²) in [6.45, 7) is 3.33. The molecule has 0 aliphatic heterocycles. The number of hydrogen-bond acceptors (Lipinski definition) is 3. The zero-order valence-electron chi connectivity index (χ0n) is 9.86. The summed E-state index contributed by atoms with van der Waals surface area (Å²) in [5, 5.41) is 9.41. The molecule has 0 radical (unpaired) electrons. The molecule has 3 heteroatoms. The van der Waals surface area contributed by atoms with Crippen LogP contribution in [0.2, 0.25) is 0 Å². The minimum absolute atomic E-state index is 0.0630. The van der Waals surface area contributed by atoms with Crippen LogP contribution in [0.4, 0.5) is 0 Å². The molecule has 0 bridgehead atoms. The largest absolute Gasteiger partial charge is 0.394 e. The van der Waals surface area contributed by atoms with E-state index in [0.717, 1.165) is 18.6 Å². The molecule has 1 atom stereocenters. The van der Waals surface area contributed by atoms with Crippen LogP contribution in [0.3, 0.4) is 0 Å². The number of aliphatic hydroxyl groups excluding tert-OH is 1. The van der Waals surface area contributed by atoms with Gasteiger partial charge in [0.15, 0.2) is 0 Å². The first-order chi connectivity index (χ1) is 7.73. The average molecular weight is 223 g/mol. The fourth-order valence-electron chi connectivity index (χ4n) is 1.59. The van der Waals surface area contributed by atoms with Crippen molar-refractivity contribution < 1.29 is 9.84 Å². The Balaban J connectivity index is 2.56. The first kappa shape index (κ1) is 13.2. The van der Waals surface area contributed by atoms with E-state index in [-0.39, 0.29) is 6.61 Å². The summed E-state index contributed by atoms with van der Waals surface area (Å²) >= 11 is 0. The van der Waals surface area contributed by atoms with Crippen LogP contribution < -0.4 is 5.73 Å². The van der Waals surface area contributed by atoms with Crippen molar-refractivity contribution in [3.8, 4) is 0 Å². The number of ether oxygens (including phenoxy) is 1. The van der Waals surface area contributed by atoms with Gasteiger partial charge in [-0.3, -0.25) is 0 Å². The highest BCUT2D eigenvalue weighted by Crippen LogP contribution is 2.21. The summed E-state index contributed by atoms with van der Waals surface area (Å²) in [6.07, 6.45) is 1.63. The summed E-state index contributed by atoms with van der Waals surface area (Å²) in [6, 6.07) is 9.68. The molecular formula is C13H21NO2. The van der Waals surface area contributed by atoms with Crippen LogP contribution in [-0.4, -0.2) is 24.9 Å². The highest BCUT2D eigenvalue weighted by Gasteiger charge is 2.25. The second-order valence-corrected chi connectivity index (χ2v) is 4.04. The molecule has 0 aromatic heterocycles. The predicted molar refractivity (Wildman–Crippen MR) is 65.1 cm³/mol. The van der Waals surface area contributed by atoms with Gasteiger partial charge in [-0.1, -0.05) is 37.3 Å². The Hall–Kier alpha value is -0.900. The van der Waals surface area contributed by atoms with Gasteiger partial charge in [-0.25, -0.2) is 0 Å². The van der Waals surface area contributed by atoms with E-state index in [1.165, 1.54) is 0 Å². The van der Waals surface area contributed by atoms with Crippen LogP contribution in [0.15, 0.2) is 30.3 Å². The van der Waals surface area contributed by atoms with Crippen molar-refractivity contribution in [2.75, 3.05) is 19.8 Å². The van der Waals surface area contributed by atoms with Crippen LogP contribution >= 0.6 is 0 Å². The zero-order chi connectivity index (χ0) is 11.9. The van der Waals surface area contributed by atoms with Crippen LogP contribution in [0.25, 0.3) is 0 Å². The van der Waals surface area contributed by atoms with Gasteiger partial charge < -0.3 is 15.6 Å². The molecular weight excluding hydrogens is 202 g/mol. The summed E-state index contributed by atoms with van der Waals surface area (Å²) in [4.78, 5) is 0. The molecule has 3 nitrogen and oxygen atoms in total. The summed E-state index contributed by atoms with van der Waals surface area (Å²) in [5.74, 6) is 0. The van der Waals surface area contributed by atoms with Crippen LogP contribution in [0.1, 0.15) is 25.3 Å². The molecule has 90 valence electrons. The van der Waals surface area contributed by atoms with Gasteiger partial charge in [-0.05, 0) is 18.4 Å². The average Bonchev–Trinajstić information content (AvgIpc) is 2.35. The molecule has 0 heterocycles. The molecule has 0 aliphatic rings. The minimum Gasteiger partial charge on any atom is -0.394 e. The third kappa shape index (κ3) is 3.59. The second-order valence-electron chi connectivity index (χ2n) is 4.04. The summed E-state index contributed by atoms with van der Waals surface area (Å²) in [5.41, 5.74) is 6.44. The Labute approximate surface area is 97.2 Å². The lowest BCUT2D eigenvalue weighted by Gasteiger charge is -2.27. The number of benzene rings is 1. The molecule has 0 spiro atoms. The van der Waals surface area contributed by atoms with Crippen molar-refractivity contribution >= 4 is 0 Å². The van der Waals surface area contributed by atoms with E-state index in [0.29, 0.717) is 13.0 Å². The van der Waals surface area contributed by atoms with Crippen molar-refractivity contribution in [3.05, 3.63) is 35.9 Å². The number of hydrogen-bond donors (Lipinski definition) is 2. The Morgan fingerprint density at radius 2 is 1.94 bits per heavy atom. The van der Waals surface area contributed by atoms with Gasteiger partial charge >= 0.3 is 0 Å². The molecule has 3 N–H and O–H groups in total. The van der Waals surface area contributed by atoms with Gasteiger partial charge in [-0.15, -0.1) is 0 Å². The summed E-state index contributed by atoms with van der Waals surface area (Å²) < 4.78 is 5.41. The predicted octanol–water partition coefficient (Wildman–Crippen LogP) is 1.65. The zero-order valence-corrected chi connectivity index (χ0v) is 9.86. The van der Waals surface area contributed by atoms with E-state index in [1.54, 1.807) is 0 Å². The van der Waals surface area contributed by atoms with Gasteiger partial charge in [0.05, 0.1) is 12.1 Å². The van der Waals surface area contributed by atoms with Crippen LogP contribution in [-0.2, 0) is 10.3 Å². The molecule has 1 aromatic carbocycles. The minimum atomic E-state index is -0.686. The quantitative estimate of drug-likeness (QED) is 0.691. The number of aliphatic hydroxyl groups is 1. The van der Waals surface area contributed by atoms with E-state index in [2.05, 4.69) is 6.92 Å².